The molecule has 2 aromatic rings. The standard InChI is InChI=1S/C19H25NO/c1-20-15-14-19(13-12-17-8-4-2-5-9-17)21-16-18-10-6-3-7-11-18/h2-11,19-20H,12-16H2,1H3. The summed E-state index contributed by atoms with van der Waals surface area (Å²) in [5.41, 5.74) is 2.63. The van der Waals surface area contributed by atoms with E-state index >= 15 is 0 Å². The van der Waals surface area contributed by atoms with Crippen LogP contribution in [0.4, 0.5) is 0 Å². The van der Waals surface area contributed by atoms with Gasteiger partial charge in [-0.25, -0.2) is 0 Å². The highest BCUT2D eigenvalue weighted by molar-refractivity contribution is 5.15. The fraction of sp³-hybridized carbons (Fsp3) is 0.368. The average Bonchev–Trinajstić information content (AvgIpc) is 2.56. The normalized spacial score (nSPS) is 12.2. The molecular formula is C19H25NO. The fourth-order valence-corrected chi connectivity index (χ4v) is 2.38. The maximum absolute atomic E-state index is 6.11. The first-order chi connectivity index (χ1) is 10.4. The molecule has 2 nitrogen and oxygen atoms in total. The summed E-state index contributed by atoms with van der Waals surface area (Å²) < 4.78 is 6.11. The minimum absolute atomic E-state index is 0.304. The molecule has 21 heavy (non-hydrogen) atoms. The van der Waals surface area contributed by atoms with Crippen molar-refractivity contribution in [3.05, 3.63) is 71.8 Å². The van der Waals surface area contributed by atoms with E-state index in [9.17, 15) is 0 Å². The molecule has 1 unspecified atom stereocenters. The zero-order valence-corrected chi connectivity index (χ0v) is 12.8. The molecule has 0 aliphatic carbocycles. The Morgan fingerprint density at radius 3 is 2.10 bits per heavy atom. The lowest BCUT2D eigenvalue weighted by atomic mass is 10.0. The summed E-state index contributed by atoms with van der Waals surface area (Å²) in [6.07, 6.45) is 3.50. The van der Waals surface area contributed by atoms with Crippen LogP contribution in [0.3, 0.4) is 0 Å². The third-order valence-electron chi connectivity index (χ3n) is 3.64. The van der Waals surface area contributed by atoms with Crippen LogP contribution in [0.2, 0.25) is 0 Å². The van der Waals surface area contributed by atoms with Crippen LogP contribution in [0.25, 0.3) is 0 Å². The van der Waals surface area contributed by atoms with Gasteiger partial charge in [-0.3, -0.25) is 0 Å². The Morgan fingerprint density at radius 1 is 0.857 bits per heavy atom. The lowest BCUT2D eigenvalue weighted by Crippen LogP contribution is -2.20. The number of hydrogen-bond donors (Lipinski definition) is 1. The number of ether oxygens (including phenoxy) is 1. The van der Waals surface area contributed by atoms with E-state index in [1.54, 1.807) is 0 Å². The second-order valence-corrected chi connectivity index (χ2v) is 5.34. The van der Waals surface area contributed by atoms with Gasteiger partial charge >= 0.3 is 0 Å². The zero-order chi connectivity index (χ0) is 14.8. The van der Waals surface area contributed by atoms with Gasteiger partial charge in [0.25, 0.3) is 0 Å². The second-order valence-electron chi connectivity index (χ2n) is 5.34. The van der Waals surface area contributed by atoms with Gasteiger partial charge in [0.1, 0.15) is 0 Å². The van der Waals surface area contributed by atoms with Crippen molar-refractivity contribution in [1.29, 1.82) is 0 Å². The topological polar surface area (TPSA) is 21.3 Å². The second kappa shape index (κ2) is 9.32. The minimum atomic E-state index is 0.304. The van der Waals surface area contributed by atoms with Crippen LogP contribution in [0.1, 0.15) is 24.0 Å². The van der Waals surface area contributed by atoms with Crippen LogP contribution in [-0.2, 0) is 17.8 Å². The van der Waals surface area contributed by atoms with Crippen LogP contribution in [0, 0.1) is 0 Å². The molecule has 0 amide bonds. The van der Waals surface area contributed by atoms with Gasteiger partial charge in [0, 0.05) is 0 Å². The third-order valence-corrected chi connectivity index (χ3v) is 3.64. The van der Waals surface area contributed by atoms with E-state index in [0.29, 0.717) is 12.7 Å². The zero-order valence-electron chi connectivity index (χ0n) is 12.8. The van der Waals surface area contributed by atoms with Gasteiger partial charge in [-0.2, -0.15) is 0 Å². The predicted octanol–water partition coefficient (Wildman–Crippen LogP) is 3.81. The van der Waals surface area contributed by atoms with E-state index in [-0.39, 0.29) is 0 Å². The molecule has 0 bridgehead atoms. The molecule has 0 heterocycles. The third kappa shape index (κ3) is 6.11. The molecule has 0 saturated carbocycles. The van der Waals surface area contributed by atoms with Gasteiger partial charge in [0.05, 0.1) is 12.7 Å². The van der Waals surface area contributed by atoms with E-state index in [1.807, 2.05) is 13.1 Å². The lowest BCUT2D eigenvalue weighted by molar-refractivity contribution is 0.0302. The van der Waals surface area contributed by atoms with Crippen LogP contribution in [0.15, 0.2) is 60.7 Å². The summed E-state index contributed by atoms with van der Waals surface area (Å²) in [6, 6.07) is 21.0. The first-order valence-corrected chi connectivity index (χ1v) is 7.72. The van der Waals surface area contributed by atoms with Crippen molar-refractivity contribution in [3.63, 3.8) is 0 Å². The average molecular weight is 283 g/mol. The number of hydrogen-bond acceptors (Lipinski definition) is 2. The summed E-state index contributed by atoms with van der Waals surface area (Å²) in [4.78, 5) is 0. The van der Waals surface area contributed by atoms with Gasteiger partial charge in [-0.1, -0.05) is 60.7 Å². The molecule has 1 atom stereocenters. The highest BCUT2D eigenvalue weighted by Gasteiger charge is 2.09. The largest absolute Gasteiger partial charge is 0.373 e. The van der Waals surface area contributed by atoms with Crippen molar-refractivity contribution >= 4 is 0 Å². The van der Waals surface area contributed by atoms with Crippen LogP contribution in [0.5, 0.6) is 0 Å². The van der Waals surface area contributed by atoms with E-state index in [4.69, 9.17) is 4.74 Å². The van der Waals surface area contributed by atoms with Crippen LogP contribution in [-0.4, -0.2) is 19.7 Å². The molecule has 1 N–H and O–H groups in total. The van der Waals surface area contributed by atoms with E-state index < -0.39 is 0 Å². The smallest absolute Gasteiger partial charge is 0.0720 e. The summed E-state index contributed by atoms with van der Waals surface area (Å²) >= 11 is 0. The highest BCUT2D eigenvalue weighted by Crippen LogP contribution is 2.12. The predicted molar refractivity (Wildman–Crippen MR) is 88.3 cm³/mol. The van der Waals surface area contributed by atoms with Gasteiger partial charge in [0.15, 0.2) is 0 Å². The Labute approximate surface area is 128 Å². The molecule has 0 spiro atoms. The first-order valence-electron chi connectivity index (χ1n) is 7.72. The highest BCUT2D eigenvalue weighted by atomic mass is 16.5. The van der Waals surface area contributed by atoms with Crippen molar-refractivity contribution in [1.82, 2.24) is 5.32 Å². The molecule has 0 saturated heterocycles. The van der Waals surface area contributed by atoms with Gasteiger partial charge in [0.2, 0.25) is 0 Å². The molecule has 0 aromatic heterocycles. The van der Waals surface area contributed by atoms with E-state index in [0.717, 1.165) is 25.8 Å². The van der Waals surface area contributed by atoms with Crippen molar-refractivity contribution in [2.24, 2.45) is 0 Å². The van der Waals surface area contributed by atoms with Gasteiger partial charge in [-0.15, -0.1) is 0 Å². The first kappa shape index (κ1) is 15.7. The van der Waals surface area contributed by atoms with E-state index in [2.05, 4.69) is 59.9 Å². The fourth-order valence-electron chi connectivity index (χ4n) is 2.38. The Hall–Kier alpha value is -1.64. The Balaban J connectivity index is 1.82. The molecule has 2 heteroatoms. The molecule has 0 aliphatic heterocycles. The van der Waals surface area contributed by atoms with Crippen LogP contribution < -0.4 is 5.32 Å². The summed E-state index contributed by atoms with van der Waals surface area (Å²) in [6.45, 7) is 1.69. The monoisotopic (exact) mass is 283 g/mol. The van der Waals surface area contributed by atoms with Crippen molar-refractivity contribution in [2.75, 3.05) is 13.6 Å². The summed E-state index contributed by atoms with van der Waals surface area (Å²) in [7, 11) is 1.99. The van der Waals surface area contributed by atoms with Crippen molar-refractivity contribution in [3.8, 4) is 0 Å². The SMILES string of the molecule is CNCCC(CCc1ccccc1)OCc1ccccc1. The molecule has 2 aromatic carbocycles. The van der Waals surface area contributed by atoms with Gasteiger partial charge in [-0.05, 0) is 44.0 Å². The molecule has 0 radical (unpaired) electrons. The maximum Gasteiger partial charge on any atom is 0.0720 e. The maximum atomic E-state index is 6.11. The minimum Gasteiger partial charge on any atom is -0.373 e. The van der Waals surface area contributed by atoms with Gasteiger partial charge < -0.3 is 10.1 Å². The molecule has 0 aliphatic rings. The summed E-state index contributed by atoms with van der Waals surface area (Å²) in [5, 5.41) is 3.21. The molecule has 0 fully saturated rings. The van der Waals surface area contributed by atoms with E-state index in [1.165, 1.54) is 11.1 Å². The number of benzene rings is 2. The lowest BCUT2D eigenvalue weighted by Gasteiger charge is -2.18. The molecule has 2 rings (SSSR count). The van der Waals surface area contributed by atoms with Crippen molar-refractivity contribution < 1.29 is 4.74 Å². The number of rotatable bonds is 9. The number of nitrogens with one attached hydrogen (secondary N) is 1. The summed E-state index contributed by atoms with van der Waals surface area (Å²) in [5.74, 6) is 0. The van der Waals surface area contributed by atoms with Crippen LogP contribution >= 0.6 is 0 Å². The number of aryl methyl sites for hydroxylation is 1. The van der Waals surface area contributed by atoms with Crippen molar-refractivity contribution in [2.45, 2.75) is 32.0 Å². The Kier molecular flexibility index (Phi) is 6.99. The Bertz CT molecular complexity index is 440. The Morgan fingerprint density at radius 2 is 1.48 bits per heavy atom. The quantitative estimate of drug-likeness (QED) is 0.755. The molecular weight excluding hydrogens is 258 g/mol. The molecule has 112 valence electrons.